The molecule has 9 nitrogen and oxygen atoms in total. The number of carbonyl (C=O) groups excluding carboxylic acids is 4. The van der Waals surface area contributed by atoms with Crippen molar-refractivity contribution in [1.29, 1.82) is 0 Å². The molecule has 0 spiro atoms. The molecule has 0 aliphatic carbocycles. The van der Waals surface area contributed by atoms with E-state index in [2.05, 4.69) is 5.32 Å². The average Bonchev–Trinajstić information content (AvgIpc) is 3.45. The molecular weight excluding hydrogens is 402 g/mol. The Kier molecular flexibility index (Phi) is 4.44. The molecule has 3 aliphatic heterocycles. The van der Waals surface area contributed by atoms with E-state index < -0.39 is 47.1 Å². The number of hydrogen-bond acceptors (Lipinski definition) is 7. The maximum atomic E-state index is 13.7. The van der Waals surface area contributed by atoms with Gasteiger partial charge in [0.2, 0.25) is 17.7 Å². The van der Waals surface area contributed by atoms with Crippen LogP contribution in [0.2, 0.25) is 0 Å². The first-order chi connectivity index (χ1) is 15.0. The number of hydrogen-bond donors (Lipinski definition) is 1. The lowest BCUT2D eigenvalue weighted by Crippen LogP contribution is -2.67. The van der Waals surface area contributed by atoms with Crippen LogP contribution in [-0.2, 0) is 23.9 Å². The minimum Gasteiger partial charge on any atom is -0.469 e. The number of fused-ring (bicyclic) bond motifs is 3. The van der Waals surface area contributed by atoms with E-state index in [4.69, 9.17) is 9.15 Å². The molecule has 31 heavy (non-hydrogen) atoms. The average molecular weight is 423 g/mol. The maximum absolute atomic E-state index is 13.7. The highest BCUT2D eigenvalue weighted by atomic mass is 16.5. The summed E-state index contributed by atoms with van der Waals surface area (Å²) in [6.45, 7) is 0.705. The third kappa shape index (κ3) is 2.59. The fourth-order valence-electron chi connectivity index (χ4n) is 5.39. The summed E-state index contributed by atoms with van der Waals surface area (Å²) < 4.78 is 10.5. The number of para-hydroxylation sites is 1. The van der Waals surface area contributed by atoms with E-state index in [0.29, 0.717) is 24.5 Å². The normalized spacial score (nSPS) is 30.2. The standard InChI is InChI=1S/C22H21N3O6/c1-30-15(26)12-22-17-16(19(27)25(20(17)28)13-6-3-2-4-7-13)18(14-8-5-11-31-14)24(22)10-9-23-21(22)29/h2-8,11,16-18H,9-10,12H2,1H3,(H,23,29)/t16-,17+,18+,22-/m0/s1. The van der Waals surface area contributed by atoms with Gasteiger partial charge >= 0.3 is 5.97 Å². The Balaban J connectivity index is 1.70. The molecular formula is C22H21N3O6. The van der Waals surface area contributed by atoms with E-state index in [-0.39, 0.29) is 6.42 Å². The van der Waals surface area contributed by atoms with Crippen molar-refractivity contribution in [1.82, 2.24) is 10.2 Å². The van der Waals surface area contributed by atoms with E-state index in [1.165, 1.54) is 13.4 Å². The molecule has 5 rings (SSSR count). The van der Waals surface area contributed by atoms with Crippen LogP contribution in [0.1, 0.15) is 18.2 Å². The highest BCUT2D eigenvalue weighted by Gasteiger charge is 2.73. The van der Waals surface area contributed by atoms with Gasteiger partial charge in [-0.25, -0.2) is 4.90 Å². The molecule has 0 radical (unpaired) electrons. The fourth-order valence-corrected chi connectivity index (χ4v) is 5.39. The maximum Gasteiger partial charge on any atom is 0.307 e. The Morgan fingerprint density at radius 3 is 2.61 bits per heavy atom. The Hall–Kier alpha value is -3.46. The number of rotatable bonds is 4. The lowest BCUT2D eigenvalue weighted by Gasteiger charge is -2.44. The number of benzene rings is 1. The third-order valence-corrected chi connectivity index (χ3v) is 6.58. The van der Waals surface area contributed by atoms with Crippen molar-refractivity contribution in [3.05, 3.63) is 54.5 Å². The number of nitrogens with zero attached hydrogens (tertiary/aromatic N) is 2. The summed E-state index contributed by atoms with van der Waals surface area (Å²) >= 11 is 0. The predicted molar refractivity (Wildman–Crippen MR) is 106 cm³/mol. The van der Waals surface area contributed by atoms with Crippen molar-refractivity contribution in [2.75, 3.05) is 25.1 Å². The highest BCUT2D eigenvalue weighted by molar-refractivity contribution is 6.24. The van der Waals surface area contributed by atoms with E-state index in [9.17, 15) is 19.2 Å². The summed E-state index contributed by atoms with van der Waals surface area (Å²) in [5, 5.41) is 2.79. The molecule has 4 atom stereocenters. The zero-order valence-corrected chi connectivity index (χ0v) is 16.8. The van der Waals surface area contributed by atoms with Crippen molar-refractivity contribution in [2.45, 2.75) is 18.0 Å². The Labute approximate surface area is 177 Å². The summed E-state index contributed by atoms with van der Waals surface area (Å²) in [7, 11) is 1.23. The molecule has 160 valence electrons. The van der Waals surface area contributed by atoms with Crippen LogP contribution in [0.15, 0.2) is 53.1 Å². The van der Waals surface area contributed by atoms with E-state index in [1.807, 2.05) is 0 Å². The number of ether oxygens (including phenoxy) is 1. The van der Waals surface area contributed by atoms with Gasteiger partial charge in [-0.1, -0.05) is 18.2 Å². The molecule has 0 unspecified atom stereocenters. The van der Waals surface area contributed by atoms with Crippen LogP contribution in [0.3, 0.4) is 0 Å². The molecule has 1 aromatic heterocycles. The molecule has 3 saturated heterocycles. The number of furan rings is 1. The number of carbonyl (C=O) groups is 4. The Morgan fingerprint density at radius 2 is 1.94 bits per heavy atom. The van der Waals surface area contributed by atoms with Gasteiger partial charge in [-0.05, 0) is 24.3 Å². The molecule has 0 bridgehead atoms. The summed E-state index contributed by atoms with van der Waals surface area (Å²) in [5.41, 5.74) is -1.11. The van der Waals surface area contributed by atoms with Crippen LogP contribution in [0.25, 0.3) is 0 Å². The van der Waals surface area contributed by atoms with Crippen molar-refractivity contribution < 1.29 is 28.3 Å². The van der Waals surface area contributed by atoms with Crippen molar-refractivity contribution in [3.8, 4) is 0 Å². The predicted octanol–water partition coefficient (Wildman–Crippen LogP) is 0.874. The summed E-state index contributed by atoms with van der Waals surface area (Å²) in [5.74, 6) is -3.42. The number of nitrogens with one attached hydrogen (secondary N) is 1. The topological polar surface area (TPSA) is 109 Å². The van der Waals surface area contributed by atoms with Gasteiger partial charge in [-0.2, -0.15) is 0 Å². The summed E-state index contributed by atoms with van der Waals surface area (Å²) in [6, 6.07) is 11.4. The van der Waals surface area contributed by atoms with Crippen molar-refractivity contribution in [2.24, 2.45) is 11.8 Å². The van der Waals surface area contributed by atoms with Crippen LogP contribution < -0.4 is 10.2 Å². The minimum atomic E-state index is -1.54. The zero-order valence-electron chi connectivity index (χ0n) is 16.8. The smallest absolute Gasteiger partial charge is 0.307 e. The monoisotopic (exact) mass is 423 g/mol. The third-order valence-electron chi connectivity index (χ3n) is 6.58. The second-order valence-corrected chi connectivity index (χ2v) is 7.94. The van der Waals surface area contributed by atoms with Gasteiger partial charge in [0.05, 0.1) is 43.4 Å². The highest BCUT2D eigenvalue weighted by Crippen LogP contribution is 2.57. The molecule has 9 heteroatoms. The van der Waals surface area contributed by atoms with Crippen molar-refractivity contribution >= 4 is 29.4 Å². The van der Waals surface area contributed by atoms with Gasteiger partial charge in [0, 0.05) is 13.1 Å². The second kappa shape index (κ2) is 7.05. The van der Waals surface area contributed by atoms with Gasteiger partial charge in [0.15, 0.2) is 0 Å². The Bertz CT molecular complexity index is 1050. The number of amides is 3. The second-order valence-electron chi connectivity index (χ2n) is 7.94. The van der Waals surface area contributed by atoms with E-state index in [0.717, 1.165) is 4.90 Å². The van der Waals surface area contributed by atoms with Crippen LogP contribution >= 0.6 is 0 Å². The Morgan fingerprint density at radius 1 is 1.16 bits per heavy atom. The molecule has 1 N–H and O–H groups in total. The number of piperazine rings is 1. The largest absolute Gasteiger partial charge is 0.469 e. The molecule has 4 heterocycles. The zero-order chi connectivity index (χ0) is 21.8. The number of imide groups is 1. The lowest BCUT2D eigenvalue weighted by molar-refractivity contribution is -0.154. The number of anilines is 1. The molecule has 3 fully saturated rings. The van der Waals surface area contributed by atoms with E-state index in [1.54, 1.807) is 47.4 Å². The fraction of sp³-hybridized carbons (Fsp3) is 0.364. The van der Waals surface area contributed by atoms with Crippen LogP contribution in [0.4, 0.5) is 5.69 Å². The van der Waals surface area contributed by atoms with Gasteiger partial charge in [0.1, 0.15) is 11.3 Å². The molecule has 0 saturated carbocycles. The van der Waals surface area contributed by atoms with Crippen LogP contribution in [0, 0.1) is 11.8 Å². The first-order valence-electron chi connectivity index (χ1n) is 10.1. The van der Waals surface area contributed by atoms with Crippen LogP contribution in [0.5, 0.6) is 0 Å². The molecule has 1 aromatic carbocycles. The first-order valence-corrected chi connectivity index (χ1v) is 10.1. The SMILES string of the molecule is COC(=O)C[C@]12C(=O)NCCN1[C@H](c1ccco1)[C@H]1C(=O)N(c3ccccc3)C(=O)[C@@H]12. The molecule has 3 amide bonds. The van der Waals surface area contributed by atoms with Gasteiger partial charge in [-0.3, -0.25) is 24.1 Å². The number of esters is 1. The molecule has 2 aromatic rings. The molecule has 3 aliphatic rings. The van der Waals surface area contributed by atoms with Gasteiger partial charge in [0.25, 0.3) is 0 Å². The summed E-state index contributed by atoms with van der Waals surface area (Å²) in [4.78, 5) is 56.0. The first kappa shape index (κ1) is 19.5. The van der Waals surface area contributed by atoms with Crippen LogP contribution in [-0.4, -0.2) is 54.3 Å². The van der Waals surface area contributed by atoms with Gasteiger partial charge < -0.3 is 14.5 Å². The quantitative estimate of drug-likeness (QED) is 0.574. The van der Waals surface area contributed by atoms with Crippen molar-refractivity contribution in [3.63, 3.8) is 0 Å². The number of methoxy groups -OCH3 is 1. The minimum absolute atomic E-state index is 0.336. The van der Waals surface area contributed by atoms with E-state index >= 15 is 0 Å². The summed E-state index contributed by atoms with van der Waals surface area (Å²) in [6.07, 6.45) is 1.15. The lowest BCUT2D eigenvalue weighted by atomic mass is 9.76. The van der Waals surface area contributed by atoms with Gasteiger partial charge in [-0.15, -0.1) is 0 Å².